The minimum atomic E-state index is -0.109. The summed E-state index contributed by atoms with van der Waals surface area (Å²) in [6.45, 7) is 2.03. The molecule has 0 bridgehead atoms. The minimum absolute atomic E-state index is 0.109. The van der Waals surface area contributed by atoms with Crippen LogP contribution in [0.5, 0.6) is 0 Å². The number of amides is 1. The summed E-state index contributed by atoms with van der Waals surface area (Å²) in [5.74, 6) is -0.109. The lowest BCUT2D eigenvalue weighted by Gasteiger charge is -2.09. The number of benzene rings is 3. The summed E-state index contributed by atoms with van der Waals surface area (Å²) in [5, 5.41) is 3.63. The van der Waals surface area contributed by atoms with Gasteiger partial charge in [-0.25, -0.2) is 4.98 Å². The first-order valence-corrected chi connectivity index (χ1v) is 10.5. The van der Waals surface area contributed by atoms with Gasteiger partial charge in [0.1, 0.15) is 0 Å². The van der Waals surface area contributed by atoms with Crippen LogP contribution in [-0.4, -0.2) is 10.9 Å². The van der Waals surface area contributed by atoms with Crippen molar-refractivity contribution in [3.63, 3.8) is 0 Å². The number of carbonyl (C=O) groups excluding carboxylic acids is 1. The highest BCUT2D eigenvalue weighted by Gasteiger charge is 2.15. The predicted molar refractivity (Wildman–Crippen MR) is 121 cm³/mol. The highest BCUT2D eigenvalue weighted by molar-refractivity contribution is 7.16. The van der Waals surface area contributed by atoms with Gasteiger partial charge < -0.3 is 0 Å². The molecule has 0 spiro atoms. The Balaban J connectivity index is 1.51. The second-order valence-electron chi connectivity index (χ2n) is 6.89. The van der Waals surface area contributed by atoms with Gasteiger partial charge in [0, 0.05) is 16.0 Å². The molecule has 4 aromatic rings. The van der Waals surface area contributed by atoms with E-state index < -0.39 is 0 Å². The van der Waals surface area contributed by atoms with E-state index in [9.17, 15) is 4.79 Å². The number of hydrogen-bond donors (Lipinski definition) is 1. The first-order valence-electron chi connectivity index (χ1n) is 9.67. The summed E-state index contributed by atoms with van der Waals surface area (Å²) in [6, 6.07) is 28.2. The molecule has 4 rings (SSSR count). The second kappa shape index (κ2) is 8.84. The van der Waals surface area contributed by atoms with Crippen LogP contribution in [0.15, 0.2) is 84.9 Å². The molecule has 1 amide bonds. The van der Waals surface area contributed by atoms with Crippen LogP contribution >= 0.6 is 11.3 Å². The van der Waals surface area contributed by atoms with Gasteiger partial charge in [-0.2, -0.15) is 0 Å². The zero-order chi connectivity index (χ0) is 20.1. The van der Waals surface area contributed by atoms with E-state index in [1.807, 2.05) is 79.7 Å². The van der Waals surface area contributed by atoms with E-state index in [1.54, 1.807) is 0 Å². The highest BCUT2D eigenvalue weighted by atomic mass is 32.1. The Bertz CT molecular complexity index is 1100. The molecule has 29 heavy (non-hydrogen) atoms. The van der Waals surface area contributed by atoms with Crippen LogP contribution in [0.3, 0.4) is 0 Å². The van der Waals surface area contributed by atoms with Crippen molar-refractivity contribution < 1.29 is 4.79 Å². The second-order valence-corrected chi connectivity index (χ2v) is 8.09. The third-order valence-electron chi connectivity index (χ3n) is 4.85. The summed E-state index contributed by atoms with van der Waals surface area (Å²) in [5.41, 5.74) is 5.00. The van der Waals surface area contributed by atoms with E-state index in [-0.39, 0.29) is 5.91 Å². The van der Waals surface area contributed by atoms with Gasteiger partial charge in [-0.3, -0.25) is 10.1 Å². The lowest BCUT2D eigenvalue weighted by atomic mass is 9.99. The maximum absolute atomic E-state index is 13.0. The lowest BCUT2D eigenvalue weighted by Crippen LogP contribution is -2.14. The van der Waals surface area contributed by atoms with E-state index in [1.165, 1.54) is 16.9 Å². The minimum Gasteiger partial charge on any atom is -0.298 e. The maximum atomic E-state index is 13.0. The molecular formula is C25H22N2OS. The Labute approximate surface area is 175 Å². The fraction of sp³-hybridized carbons (Fsp3) is 0.120. The van der Waals surface area contributed by atoms with Crippen molar-refractivity contribution in [1.29, 1.82) is 0 Å². The van der Waals surface area contributed by atoms with Crippen LogP contribution in [0, 0.1) is 6.92 Å². The molecule has 0 fully saturated rings. The fourth-order valence-electron chi connectivity index (χ4n) is 3.36. The Morgan fingerprint density at radius 1 is 0.862 bits per heavy atom. The molecule has 1 heterocycles. The molecule has 4 heteroatoms. The average Bonchev–Trinajstić information content (AvgIpc) is 3.13. The lowest BCUT2D eigenvalue weighted by molar-refractivity contribution is 0.102. The van der Waals surface area contributed by atoms with E-state index in [4.69, 9.17) is 0 Å². The smallest absolute Gasteiger partial charge is 0.257 e. The summed E-state index contributed by atoms with van der Waals surface area (Å²) in [6.07, 6.45) is 1.72. The molecule has 0 radical (unpaired) electrons. The van der Waals surface area contributed by atoms with Gasteiger partial charge in [0.15, 0.2) is 5.13 Å². The van der Waals surface area contributed by atoms with Gasteiger partial charge in [-0.1, -0.05) is 78.9 Å². The summed E-state index contributed by atoms with van der Waals surface area (Å²) in [7, 11) is 0. The van der Waals surface area contributed by atoms with Crippen molar-refractivity contribution >= 4 is 22.4 Å². The molecule has 0 aliphatic heterocycles. The summed E-state index contributed by atoms with van der Waals surface area (Å²) >= 11 is 1.51. The molecule has 0 atom stereocenters. The maximum Gasteiger partial charge on any atom is 0.257 e. The molecule has 3 nitrogen and oxygen atoms in total. The van der Waals surface area contributed by atoms with Crippen LogP contribution < -0.4 is 5.32 Å². The van der Waals surface area contributed by atoms with Crippen molar-refractivity contribution in [1.82, 2.24) is 4.98 Å². The number of hydrogen-bond acceptors (Lipinski definition) is 3. The van der Waals surface area contributed by atoms with Crippen LogP contribution in [0.2, 0.25) is 0 Å². The first kappa shape index (κ1) is 19.1. The quantitative estimate of drug-likeness (QED) is 0.423. The van der Waals surface area contributed by atoms with Crippen molar-refractivity contribution in [2.24, 2.45) is 0 Å². The molecule has 0 saturated carbocycles. The van der Waals surface area contributed by atoms with Crippen molar-refractivity contribution in [2.45, 2.75) is 19.8 Å². The summed E-state index contributed by atoms with van der Waals surface area (Å²) < 4.78 is 0. The van der Waals surface area contributed by atoms with E-state index in [0.29, 0.717) is 10.7 Å². The molecule has 3 aromatic carbocycles. The van der Waals surface area contributed by atoms with Crippen molar-refractivity contribution in [3.8, 4) is 11.3 Å². The molecule has 1 N–H and O–H groups in total. The predicted octanol–water partition coefficient (Wildman–Crippen LogP) is 6.16. The van der Waals surface area contributed by atoms with Gasteiger partial charge in [0.05, 0.1) is 5.69 Å². The molecule has 0 unspecified atom stereocenters. The number of carbonyl (C=O) groups is 1. The Morgan fingerprint density at radius 3 is 2.28 bits per heavy atom. The first-order chi connectivity index (χ1) is 14.2. The van der Waals surface area contributed by atoms with Crippen LogP contribution in [-0.2, 0) is 12.8 Å². The number of rotatable bonds is 6. The third-order valence-corrected chi connectivity index (χ3v) is 5.74. The van der Waals surface area contributed by atoms with Crippen LogP contribution in [0.1, 0.15) is 26.4 Å². The molecule has 0 saturated heterocycles. The van der Waals surface area contributed by atoms with Crippen LogP contribution in [0.4, 0.5) is 5.13 Å². The molecule has 1 aromatic heterocycles. The number of anilines is 1. The number of nitrogens with zero attached hydrogens (tertiary/aromatic N) is 1. The van der Waals surface area contributed by atoms with Gasteiger partial charge in [-0.15, -0.1) is 11.3 Å². The summed E-state index contributed by atoms with van der Waals surface area (Å²) in [4.78, 5) is 18.7. The highest BCUT2D eigenvalue weighted by Crippen LogP contribution is 2.30. The van der Waals surface area contributed by atoms with E-state index in [0.717, 1.165) is 34.5 Å². The largest absolute Gasteiger partial charge is 0.298 e. The molecule has 144 valence electrons. The standard InChI is InChI=1S/C25H22N2OS/c1-18-23(21-13-6-3-7-14-21)26-25(29-18)27-24(28)22-15-9-8-12-20(22)17-16-19-10-4-2-5-11-19/h2-15H,16-17H2,1H3,(H,26,27,28). The van der Waals surface area contributed by atoms with Gasteiger partial charge in [0.25, 0.3) is 5.91 Å². The van der Waals surface area contributed by atoms with Gasteiger partial charge >= 0.3 is 0 Å². The van der Waals surface area contributed by atoms with E-state index >= 15 is 0 Å². The molecular weight excluding hydrogens is 376 g/mol. The molecule has 0 aliphatic carbocycles. The SMILES string of the molecule is Cc1sc(NC(=O)c2ccccc2CCc2ccccc2)nc1-c1ccccc1. The van der Waals surface area contributed by atoms with Gasteiger partial charge in [-0.05, 0) is 37.0 Å². The third kappa shape index (κ3) is 4.61. The number of thiazole rings is 1. The van der Waals surface area contributed by atoms with Crippen LogP contribution in [0.25, 0.3) is 11.3 Å². The normalized spacial score (nSPS) is 10.7. The van der Waals surface area contributed by atoms with Gasteiger partial charge in [0.2, 0.25) is 0 Å². The average molecular weight is 399 g/mol. The number of aryl methyl sites for hydroxylation is 3. The van der Waals surface area contributed by atoms with E-state index in [2.05, 4.69) is 22.4 Å². The number of nitrogens with one attached hydrogen (secondary N) is 1. The van der Waals surface area contributed by atoms with Crippen molar-refractivity contribution in [2.75, 3.05) is 5.32 Å². The zero-order valence-electron chi connectivity index (χ0n) is 16.3. The monoisotopic (exact) mass is 398 g/mol. The fourth-order valence-corrected chi connectivity index (χ4v) is 4.19. The Kier molecular flexibility index (Phi) is 5.82. The Hall–Kier alpha value is -3.24. The zero-order valence-corrected chi connectivity index (χ0v) is 17.1. The van der Waals surface area contributed by atoms with Crippen molar-refractivity contribution in [3.05, 3.63) is 106 Å². The number of aromatic nitrogens is 1. The molecule has 0 aliphatic rings. The Morgan fingerprint density at radius 2 is 1.52 bits per heavy atom. The topological polar surface area (TPSA) is 42.0 Å².